The Bertz CT molecular complexity index is 386. The van der Waals surface area contributed by atoms with Crippen molar-refractivity contribution in [2.75, 3.05) is 32.0 Å². The molecule has 0 atom stereocenters. The Kier molecular flexibility index (Phi) is 4.68. The van der Waals surface area contributed by atoms with Gasteiger partial charge in [-0.2, -0.15) is 0 Å². The molecule has 0 amide bonds. The van der Waals surface area contributed by atoms with Crippen LogP contribution in [0.5, 0.6) is 0 Å². The minimum absolute atomic E-state index is 0.824. The molecule has 1 heterocycles. The van der Waals surface area contributed by atoms with E-state index in [1.807, 2.05) is 0 Å². The Morgan fingerprint density at radius 1 is 1.22 bits per heavy atom. The van der Waals surface area contributed by atoms with Crippen LogP contribution in [0.3, 0.4) is 0 Å². The molecule has 1 fully saturated rings. The molecule has 0 radical (unpaired) electrons. The van der Waals surface area contributed by atoms with Crippen LogP contribution in [0.25, 0.3) is 0 Å². The third kappa shape index (κ3) is 3.48. The number of rotatable bonds is 3. The summed E-state index contributed by atoms with van der Waals surface area (Å²) in [5.41, 5.74) is 3.87. The summed E-state index contributed by atoms with van der Waals surface area (Å²) in [6.45, 7) is 7.89. The Hall–Kier alpha value is -0.540. The van der Waals surface area contributed by atoms with E-state index in [1.165, 1.54) is 47.2 Å². The Labute approximate surface area is 119 Å². The predicted molar refractivity (Wildman–Crippen MR) is 82.3 cm³/mol. The first-order chi connectivity index (χ1) is 8.56. The highest BCUT2D eigenvalue weighted by molar-refractivity contribution is 9.10. The van der Waals surface area contributed by atoms with E-state index in [1.54, 1.807) is 0 Å². The first-order valence-electron chi connectivity index (χ1n) is 6.75. The highest BCUT2D eigenvalue weighted by Gasteiger charge is 2.16. The number of halogens is 1. The van der Waals surface area contributed by atoms with Gasteiger partial charge in [0.1, 0.15) is 0 Å². The number of nitrogens with one attached hydrogen (secondary N) is 1. The van der Waals surface area contributed by atoms with E-state index < -0.39 is 0 Å². The fraction of sp³-hybridized carbons (Fsp3) is 0.600. The number of hydrogen-bond acceptors (Lipinski definition) is 2. The molecule has 1 aromatic rings. The minimum Gasteiger partial charge on any atom is -0.385 e. The normalized spacial score (nSPS) is 18.0. The van der Waals surface area contributed by atoms with Crippen LogP contribution < -0.4 is 5.32 Å². The van der Waals surface area contributed by atoms with E-state index in [9.17, 15) is 0 Å². The van der Waals surface area contributed by atoms with Crippen molar-refractivity contribution in [3.05, 3.63) is 27.7 Å². The molecular weight excluding hydrogens is 288 g/mol. The lowest BCUT2D eigenvalue weighted by Gasteiger charge is -2.29. The van der Waals surface area contributed by atoms with E-state index in [4.69, 9.17) is 0 Å². The quantitative estimate of drug-likeness (QED) is 0.913. The summed E-state index contributed by atoms with van der Waals surface area (Å²) in [6.07, 6.45) is 2.63. The van der Waals surface area contributed by atoms with Crippen LogP contribution in [0.15, 0.2) is 16.6 Å². The monoisotopic (exact) mass is 310 g/mol. The van der Waals surface area contributed by atoms with Gasteiger partial charge in [-0.1, -0.05) is 15.9 Å². The number of likely N-dealkylation sites (tertiary alicyclic amines) is 1. The summed E-state index contributed by atoms with van der Waals surface area (Å²) in [7, 11) is 2.21. The zero-order chi connectivity index (χ0) is 13.1. The van der Waals surface area contributed by atoms with Gasteiger partial charge < -0.3 is 10.2 Å². The minimum atomic E-state index is 0.824. The van der Waals surface area contributed by atoms with Gasteiger partial charge in [0, 0.05) is 16.7 Å². The summed E-state index contributed by atoms with van der Waals surface area (Å²) in [6, 6.07) is 4.46. The molecule has 0 bridgehead atoms. The standard InChI is InChI=1S/C15H23BrN2/c1-11-8-14(9-12(2)15(11)16)17-10-13-4-6-18(3)7-5-13/h8-9,13,17H,4-7,10H2,1-3H3. The highest BCUT2D eigenvalue weighted by Crippen LogP contribution is 2.25. The summed E-state index contributed by atoms with van der Waals surface area (Å²) >= 11 is 3.61. The molecule has 1 aliphatic rings. The molecule has 1 N–H and O–H groups in total. The molecule has 0 spiro atoms. The molecular formula is C15H23BrN2. The van der Waals surface area contributed by atoms with E-state index in [0.717, 1.165) is 12.5 Å². The highest BCUT2D eigenvalue weighted by atomic mass is 79.9. The maximum Gasteiger partial charge on any atom is 0.0346 e. The number of benzene rings is 1. The molecule has 1 aliphatic heterocycles. The number of aryl methyl sites for hydroxylation is 2. The largest absolute Gasteiger partial charge is 0.385 e. The van der Waals surface area contributed by atoms with E-state index in [2.05, 4.69) is 59.2 Å². The predicted octanol–water partition coefficient (Wildman–Crippen LogP) is 3.82. The average molecular weight is 311 g/mol. The maximum absolute atomic E-state index is 3.61. The second-order valence-corrected chi connectivity index (χ2v) is 6.34. The Morgan fingerprint density at radius 2 is 1.78 bits per heavy atom. The summed E-state index contributed by atoms with van der Waals surface area (Å²) in [5.74, 6) is 0.824. The van der Waals surface area contributed by atoms with Crippen LogP contribution in [-0.2, 0) is 0 Å². The van der Waals surface area contributed by atoms with Crippen molar-refractivity contribution in [1.82, 2.24) is 4.90 Å². The van der Waals surface area contributed by atoms with Crippen molar-refractivity contribution in [2.24, 2.45) is 5.92 Å². The van der Waals surface area contributed by atoms with Crippen molar-refractivity contribution >= 4 is 21.6 Å². The smallest absolute Gasteiger partial charge is 0.0346 e. The van der Waals surface area contributed by atoms with Gasteiger partial charge in [-0.15, -0.1) is 0 Å². The van der Waals surface area contributed by atoms with Gasteiger partial charge in [0.15, 0.2) is 0 Å². The van der Waals surface area contributed by atoms with Gasteiger partial charge in [0.05, 0.1) is 0 Å². The zero-order valence-electron chi connectivity index (χ0n) is 11.6. The van der Waals surface area contributed by atoms with E-state index in [-0.39, 0.29) is 0 Å². The summed E-state index contributed by atoms with van der Waals surface area (Å²) in [4.78, 5) is 2.42. The fourth-order valence-electron chi connectivity index (χ4n) is 2.58. The molecule has 100 valence electrons. The molecule has 2 rings (SSSR count). The van der Waals surface area contributed by atoms with Gasteiger partial charge in [0.2, 0.25) is 0 Å². The Morgan fingerprint density at radius 3 is 2.33 bits per heavy atom. The second-order valence-electron chi connectivity index (χ2n) is 5.55. The first kappa shape index (κ1) is 13.9. The van der Waals surface area contributed by atoms with Crippen molar-refractivity contribution in [3.63, 3.8) is 0 Å². The molecule has 0 unspecified atom stereocenters. The maximum atomic E-state index is 3.61. The number of piperidine rings is 1. The lowest BCUT2D eigenvalue weighted by atomic mass is 9.97. The third-order valence-corrected chi connectivity index (χ3v) is 5.12. The van der Waals surface area contributed by atoms with Crippen LogP contribution >= 0.6 is 15.9 Å². The van der Waals surface area contributed by atoms with Crippen molar-refractivity contribution < 1.29 is 0 Å². The summed E-state index contributed by atoms with van der Waals surface area (Å²) < 4.78 is 1.23. The SMILES string of the molecule is Cc1cc(NCC2CCN(C)CC2)cc(C)c1Br. The van der Waals surface area contributed by atoms with Gasteiger partial charge >= 0.3 is 0 Å². The van der Waals surface area contributed by atoms with Crippen LogP contribution in [0.4, 0.5) is 5.69 Å². The van der Waals surface area contributed by atoms with Gasteiger partial charge in [-0.05, 0) is 76.0 Å². The lowest BCUT2D eigenvalue weighted by Crippen LogP contribution is -2.32. The van der Waals surface area contributed by atoms with E-state index >= 15 is 0 Å². The molecule has 0 aliphatic carbocycles. The number of anilines is 1. The topological polar surface area (TPSA) is 15.3 Å². The fourth-order valence-corrected chi connectivity index (χ4v) is 2.81. The van der Waals surface area contributed by atoms with Crippen molar-refractivity contribution in [3.8, 4) is 0 Å². The van der Waals surface area contributed by atoms with Gasteiger partial charge in [0.25, 0.3) is 0 Å². The van der Waals surface area contributed by atoms with Gasteiger partial charge in [-0.25, -0.2) is 0 Å². The Balaban J connectivity index is 1.90. The zero-order valence-corrected chi connectivity index (χ0v) is 13.2. The molecule has 1 saturated heterocycles. The van der Waals surface area contributed by atoms with Crippen LogP contribution in [0, 0.1) is 19.8 Å². The molecule has 2 nitrogen and oxygen atoms in total. The van der Waals surface area contributed by atoms with E-state index in [0.29, 0.717) is 0 Å². The molecule has 18 heavy (non-hydrogen) atoms. The third-order valence-electron chi connectivity index (χ3n) is 3.87. The number of hydrogen-bond donors (Lipinski definition) is 1. The average Bonchev–Trinajstić information content (AvgIpc) is 2.35. The molecule has 1 aromatic carbocycles. The van der Waals surface area contributed by atoms with Crippen LogP contribution in [0.2, 0.25) is 0 Å². The first-order valence-corrected chi connectivity index (χ1v) is 7.54. The second kappa shape index (κ2) is 6.07. The van der Waals surface area contributed by atoms with Gasteiger partial charge in [-0.3, -0.25) is 0 Å². The molecule has 3 heteroatoms. The van der Waals surface area contributed by atoms with Crippen LogP contribution in [0.1, 0.15) is 24.0 Å². The van der Waals surface area contributed by atoms with Crippen molar-refractivity contribution in [1.29, 1.82) is 0 Å². The van der Waals surface area contributed by atoms with Crippen molar-refractivity contribution in [2.45, 2.75) is 26.7 Å². The molecule has 0 aromatic heterocycles. The lowest BCUT2D eigenvalue weighted by molar-refractivity contribution is 0.226. The number of nitrogens with zero attached hydrogens (tertiary/aromatic N) is 1. The molecule has 0 saturated carbocycles. The van der Waals surface area contributed by atoms with Crippen LogP contribution in [-0.4, -0.2) is 31.6 Å². The summed E-state index contributed by atoms with van der Waals surface area (Å²) in [5, 5.41) is 3.60.